The molecule has 2 saturated heterocycles. The average Bonchev–Trinajstić information content (AvgIpc) is 3.76. The molecule has 3 unspecified atom stereocenters. The molecular weight excluding hydrogens is 805 g/mol. The van der Waals surface area contributed by atoms with Crippen molar-refractivity contribution in [2.24, 2.45) is 0 Å². The van der Waals surface area contributed by atoms with Gasteiger partial charge in [-0.3, -0.25) is 39.1 Å². The van der Waals surface area contributed by atoms with Gasteiger partial charge in [0.05, 0.1) is 23.8 Å². The number of fused-ring (bicyclic) bond motifs is 1. The normalized spacial score (nSPS) is 23.6. The van der Waals surface area contributed by atoms with E-state index in [1.807, 2.05) is 37.3 Å². The molecule has 6 aliphatic rings. The molecule has 5 amide bonds. The average molecular weight is 861 g/mol. The predicted octanol–water partition coefficient (Wildman–Crippen LogP) is 3.68. The van der Waals surface area contributed by atoms with Crippen molar-refractivity contribution in [3.63, 3.8) is 0 Å². The first kappa shape index (κ1) is 43.3. The van der Waals surface area contributed by atoms with E-state index in [0.29, 0.717) is 67.8 Å². The van der Waals surface area contributed by atoms with Crippen molar-refractivity contribution >= 4 is 52.7 Å². The summed E-state index contributed by atoms with van der Waals surface area (Å²) in [6.07, 6.45) is 15.0. The maximum Gasteiger partial charge on any atom is 0.265 e. The second-order valence-electron chi connectivity index (χ2n) is 16.8. The van der Waals surface area contributed by atoms with Crippen LogP contribution in [0.15, 0.2) is 89.6 Å². The lowest BCUT2D eigenvalue weighted by molar-refractivity contribution is -0.150. The van der Waals surface area contributed by atoms with Crippen molar-refractivity contribution < 1.29 is 33.8 Å². The van der Waals surface area contributed by atoms with Crippen LogP contribution in [0.3, 0.4) is 0 Å². The van der Waals surface area contributed by atoms with Crippen molar-refractivity contribution in [2.75, 3.05) is 61.4 Å². The Labute approximate surface area is 366 Å². The molecule has 63 heavy (non-hydrogen) atoms. The molecule has 0 radical (unpaired) electrons. The summed E-state index contributed by atoms with van der Waals surface area (Å²) in [5.74, 6) is -0.651. The van der Waals surface area contributed by atoms with Crippen LogP contribution in [0.2, 0.25) is 0 Å². The van der Waals surface area contributed by atoms with Crippen molar-refractivity contribution in [3.05, 3.63) is 95.2 Å². The Hall–Kier alpha value is -6.33. The molecule has 2 aliphatic carbocycles. The number of benzene rings is 1. The SMILES string of the molecule is C=CCNC(=O)c1cnc(Nc2ccc(N3CCN(CCCCCOC4=CCCC5=C4C(=O)N(C4CCC(=O)NC4=O)C5=O)CC3)cc2)nc1NC1=CC=C2CCC(O)(CC)C2N1. The number of carbonyl (C=O) groups excluding carboxylic acids is 5. The number of hydrogen-bond donors (Lipinski definition) is 6. The molecule has 4 aliphatic heterocycles. The molecule has 3 fully saturated rings. The minimum atomic E-state index is -0.984. The van der Waals surface area contributed by atoms with Crippen LogP contribution < -0.4 is 31.5 Å². The Morgan fingerprint density at radius 1 is 1.02 bits per heavy atom. The van der Waals surface area contributed by atoms with E-state index in [4.69, 9.17) is 9.72 Å². The fourth-order valence-electron chi connectivity index (χ4n) is 9.13. The van der Waals surface area contributed by atoms with E-state index in [0.717, 1.165) is 80.3 Å². The van der Waals surface area contributed by atoms with Gasteiger partial charge < -0.3 is 36.0 Å². The Morgan fingerprint density at radius 3 is 2.59 bits per heavy atom. The quantitative estimate of drug-likeness (QED) is 0.0762. The van der Waals surface area contributed by atoms with Gasteiger partial charge in [0.2, 0.25) is 17.8 Å². The summed E-state index contributed by atoms with van der Waals surface area (Å²) in [6, 6.07) is 6.93. The smallest absolute Gasteiger partial charge is 0.265 e. The topological polar surface area (TPSA) is 210 Å². The van der Waals surface area contributed by atoms with Gasteiger partial charge in [0.1, 0.15) is 29.0 Å². The number of hydrogen-bond acceptors (Lipinski definition) is 14. The highest BCUT2D eigenvalue weighted by Crippen LogP contribution is 2.39. The minimum absolute atomic E-state index is 0.0833. The third kappa shape index (κ3) is 9.39. The molecule has 5 heterocycles. The Kier molecular flexibility index (Phi) is 13.0. The van der Waals surface area contributed by atoms with E-state index >= 15 is 0 Å². The Bertz CT molecular complexity index is 2280. The number of rotatable bonds is 17. The number of nitrogens with zero attached hydrogens (tertiary/aromatic N) is 5. The van der Waals surface area contributed by atoms with Crippen LogP contribution in [0.4, 0.5) is 23.1 Å². The number of amides is 5. The summed E-state index contributed by atoms with van der Waals surface area (Å²) < 4.78 is 6.05. The van der Waals surface area contributed by atoms with Crippen LogP contribution >= 0.6 is 0 Å². The molecule has 1 aromatic heterocycles. The Balaban J connectivity index is 0.780. The first-order valence-electron chi connectivity index (χ1n) is 22.1. The van der Waals surface area contributed by atoms with Gasteiger partial charge in [0.15, 0.2) is 0 Å². The summed E-state index contributed by atoms with van der Waals surface area (Å²) in [5, 5.41) is 26.2. The van der Waals surface area contributed by atoms with Gasteiger partial charge in [-0.05, 0) is 106 Å². The lowest BCUT2D eigenvalue weighted by Gasteiger charge is -2.36. The van der Waals surface area contributed by atoms with Crippen LogP contribution in [-0.4, -0.2) is 118 Å². The highest BCUT2D eigenvalue weighted by Gasteiger charge is 2.48. The molecule has 6 N–H and O–H groups in total. The van der Waals surface area contributed by atoms with Gasteiger partial charge in [0.25, 0.3) is 17.7 Å². The van der Waals surface area contributed by atoms with Crippen LogP contribution in [0.5, 0.6) is 0 Å². The largest absolute Gasteiger partial charge is 0.493 e. The van der Waals surface area contributed by atoms with Gasteiger partial charge in [0, 0.05) is 62.3 Å². The number of aliphatic hydroxyl groups is 1. The number of carbonyl (C=O) groups is 5. The zero-order valence-corrected chi connectivity index (χ0v) is 35.7. The maximum absolute atomic E-state index is 13.4. The van der Waals surface area contributed by atoms with E-state index in [-0.39, 0.29) is 35.9 Å². The molecule has 17 nitrogen and oxygen atoms in total. The molecular formula is C46H56N10O7. The number of piperazine rings is 1. The molecule has 1 aromatic carbocycles. The second kappa shape index (κ2) is 19.0. The summed E-state index contributed by atoms with van der Waals surface area (Å²) in [6.45, 7) is 11.0. The first-order valence-corrected chi connectivity index (χ1v) is 22.1. The number of dihydropyridines is 1. The molecule has 1 saturated carbocycles. The lowest BCUT2D eigenvalue weighted by atomic mass is 9.92. The molecule has 0 spiro atoms. The standard InChI is InChI=1S/C46H56N10O7/c1-3-21-47-41(58)33-28-48-45(53-40(33)51-36-17-11-29-19-20-46(62,4-2)39(29)50-36)49-30-12-14-31(15-13-30)55-25-23-54(24-26-55)22-6-5-7-27-63-35-10-8-9-32-38(35)44(61)56(43(32)60)34-16-18-37(57)52-42(34)59/h3,10-15,17,28,34,39,50,62H,1,4-9,16,18-27H2,2H3,(H,47,58)(H,52,57,59)(H2,48,49,51,53). The highest BCUT2D eigenvalue weighted by molar-refractivity contribution is 6.23. The Morgan fingerprint density at radius 2 is 1.83 bits per heavy atom. The number of imide groups is 2. The fraction of sp³-hybridized carbons (Fsp3) is 0.457. The first-order chi connectivity index (χ1) is 30.5. The molecule has 8 rings (SSSR count). The molecule has 332 valence electrons. The minimum Gasteiger partial charge on any atom is -0.493 e. The number of anilines is 4. The van der Waals surface area contributed by atoms with E-state index < -0.39 is 35.3 Å². The number of unbranched alkanes of at least 4 members (excludes halogenated alkanes) is 2. The van der Waals surface area contributed by atoms with E-state index in [2.05, 4.69) is 60.1 Å². The van der Waals surface area contributed by atoms with E-state index in [1.54, 1.807) is 6.08 Å². The second-order valence-corrected chi connectivity index (χ2v) is 16.8. The third-order valence-electron chi connectivity index (χ3n) is 12.8. The monoisotopic (exact) mass is 860 g/mol. The third-order valence-corrected chi connectivity index (χ3v) is 12.8. The number of ether oxygens (including phenoxy) is 1. The van der Waals surface area contributed by atoms with Crippen LogP contribution in [0.1, 0.15) is 81.5 Å². The number of piperidine rings is 1. The van der Waals surface area contributed by atoms with Gasteiger partial charge in [-0.15, -0.1) is 6.58 Å². The van der Waals surface area contributed by atoms with Crippen molar-refractivity contribution in [1.29, 1.82) is 0 Å². The van der Waals surface area contributed by atoms with Crippen LogP contribution in [-0.2, 0) is 23.9 Å². The number of allylic oxidation sites excluding steroid dienone is 3. The van der Waals surface area contributed by atoms with Crippen molar-refractivity contribution in [3.8, 4) is 0 Å². The fourth-order valence-corrected chi connectivity index (χ4v) is 9.13. The molecule has 2 aromatic rings. The van der Waals surface area contributed by atoms with Crippen molar-refractivity contribution in [2.45, 2.75) is 88.8 Å². The van der Waals surface area contributed by atoms with Gasteiger partial charge in [-0.1, -0.05) is 19.1 Å². The zero-order chi connectivity index (χ0) is 44.1. The summed E-state index contributed by atoms with van der Waals surface area (Å²) in [7, 11) is 0. The van der Waals surface area contributed by atoms with E-state index in [9.17, 15) is 29.1 Å². The lowest BCUT2D eigenvalue weighted by Crippen LogP contribution is -2.54. The number of aromatic nitrogens is 2. The van der Waals surface area contributed by atoms with Gasteiger partial charge in [-0.2, -0.15) is 4.98 Å². The molecule has 0 bridgehead atoms. The summed E-state index contributed by atoms with van der Waals surface area (Å²) in [4.78, 5) is 78.7. The summed E-state index contributed by atoms with van der Waals surface area (Å²) >= 11 is 0. The van der Waals surface area contributed by atoms with Crippen LogP contribution in [0.25, 0.3) is 0 Å². The van der Waals surface area contributed by atoms with Gasteiger partial charge >= 0.3 is 0 Å². The maximum atomic E-state index is 13.4. The zero-order valence-electron chi connectivity index (χ0n) is 35.7. The molecule has 17 heteroatoms. The molecule has 3 atom stereocenters. The summed E-state index contributed by atoms with van der Waals surface area (Å²) in [5.41, 5.74) is 3.15. The van der Waals surface area contributed by atoms with Crippen LogP contribution in [0, 0.1) is 0 Å². The highest BCUT2D eigenvalue weighted by atomic mass is 16.5. The predicted molar refractivity (Wildman–Crippen MR) is 236 cm³/mol. The van der Waals surface area contributed by atoms with E-state index in [1.165, 1.54) is 6.20 Å². The van der Waals surface area contributed by atoms with Gasteiger partial charge in [-0.25, -0.2) is 4.98 Å². The van der Waals surface area contributed by atoms with Crippen molar-refractivity contribution in [1.82, 2.24) is 35.7 Å². The number of nitrogens with one attached hydrogen (secondary N) is 5.